The summed E-state index contributed by atoms with van der Waals surface area (Å²) >= 11 is 1.65. The third-order valence-electron chi connectivity index (χ3n) is 2.33. The number of nitriles is 1. The maximum Gasteiger partial charge on any atom is 0.0986 e. The fourth-order valence-corrected chi connectivity index (χ4v) is 2.17. The summed E-state index contributed by atoms with van der Waals surface area (Å²) in [6.07, 6.45) is 1.07. The lowest BCUT2D eigenvalue weighted by molar-refractivity contribution is 0.685. The fourth-order valence-electron chi connectivity index (χ4n) is 1.26. The Morgan fingerprint density at radius 3 is 2.27 bits per heavy atom. The maximum absolute atomic E-state index is 8.99. The fraction of sp³-hybridized carbons (Fsp3) is 0.462. The van der Waals surface area contributed by atoms with Crippen molar-refractivity contribution in [3.8, 4) is 6.07 Å². The molecule has 0 aliphatic rings. The maximum atomic E-state index is 8.99. The van der Waals surface area contributed by atoms with Crippen molar-refractivity contribution < 1.29 is 0 Å². The Morgan fingerprint density at radius 1 is 1.27 bits per heavy atom. The molecule has 1 rings (SSSR count). The van der Waals surface area contributed by atoms with Gasteiger partial charge >= 0.3 is 0 Å². The zero-order valence-corrected chi connectivity index (χ0v) is 10.3. The molecule has 0 aliphatic carbocycles. The summed E-state index contributed by atoms with van der Waals surface area (Å²) in [5, 5.41) is 9.04. The van der Waals surface area contributed by atoms with Crippen molar-refractivity contribution in [1.82, 2.24) is 0 Å². The highest BCUT2D eigenvalue weighted by Gasteiger charge is 2.13. The molecule has 0 aliphatic heterocycles. The van der Waals surface area contributed by atoms with Crippen molar-refractivity contribution in [2.75, 3.05) is 0 Å². The van der Waals surface area contributed by atoms with E-state index in [4.69, 9.17) is 5.26 Å². The standard InChI is InChI=1S/C13H17NS/c1-4-11-5-7-12(8-6-11)15-13(9-14)10(2)3/h5-8,10,13H,4H2,1-3H3. The first-order valence-electron chi connectivity index (χ1n) is 5.32. The molecule has 0 N–H and O–H groups in total. The van der Waals surface area contributed by atoms with E-state index in [0.717, 1.165) is 6.42 Å². The zero-order valence-electron chi connectivity index (χ0n) is 9.53. The van der Waals surface area contributed by atoms with Gasteiger partial charge in [0, 0.05) is 4.90 Å². The third kappa shape index (κ3) is 3.60. The number of hydrogen-bond donors (Lipinski definition) is 0. The predicted molar refractivity (Wildman–Crippen MR) is 65.9 cm³/mol. The van der Waals surface area contributed by atoms with Crippen LogP contribution in [0.1, 0.15) is 26.3 Å². The van der Waals surface area contributed by atoms with E-state index >= 15 is 0 Å². The van der Waals surface area contributed by atoms with Crippen molar-refractivity contribution in [2.24, 2.45) is 5.92 Å². The number of hydrogen-bond acceptors (Lipinski definition) is 2. The van der Waals surface area contributed by atoms with Crippen LogP contribution in [0.2, 0.25) is 0 Å². The lowest BCUT2D eigenvalue weighted by Crippen LogP contribution is -2.07. The van der Waals surface area contributed by atoms with E-state index in [-0.39, 0.29) is 5.25 Å². The van der Waals surface area contributed by atoms with Crippen molar-refractivity contribution in [1.29, 1.82) is 5.26 Å². The summed E-state index contributed by atoms with van der Waals surface area (Å²) in [5.74, 6) is 0.394. The molecule has 80 valence electrons. The molecule has 0 spiro atoms. The topological polar surface area (TPSA) is 23.8 Å². The van der Waals surface area contributed by atoms with Gasteiger partial charge in [-0.15, -0.1) is 11.8 Å². The Morgan fingerprint density at radius 2 is 1.87 bits per heavy atom. The number of nitrogens with zero attached hydrogens (tertiary/aromatic N) is 1. The van der Waals surface area contributed by atoms with E-state index in [1.54, 1.807) is 11.8 Å². The number of benzene rings is 1. The Bertz CT molecular complexity index is 335. The van der Waals surface area contributed by atoms with Gasteiger partial charge in [0.15, 0.2) is 0 Å². The van der Waals surface area contributed by atoms with Gasteiger partial charge in [0.05, 0.1) is 11.3 Å². The lowest BCUT2D eigenvalue weighted by atomic mass is 10.1. The van der Waals surface area contributed by atoms with Gasteiger partial charge in [-0.2, -0.15) is 5.26 Å². The second-order valence-electron chi connectivity index (χ2n) is 3.91. The van der Waals surface area contributed by atoms with Crippen molar-refractivity contribution in [3.05, 3.63) is 29.8 Å². The first-order chi connectivity index (χ1) is 7.17. The Labute approximate surface area is 96.5 Å². The molecule has 2 heteroatoms. The summed E-state index contributed by atoms with van der Waals surface area (Å²) in [6, 6.07) is 10.8. The van der Waals surface area contributed by atoms with Crippen LogP contribution in [0.3, 0.4) is 0 Å². The van der Waals surface area contributed by atoms with E-state index in [1.807, 2.05) is 0 Å². The van der Waals surface area contributed by atoms with Crippen LogP contribution in [0.4, 0.5) is 0 Å². The molecule has 0 bridgehead atoms. The molecule has 1 nitrogen and oxygen atoms in total. The number of thioether (sulfide) groups is 1. The SMILES string of the molecule is CCc1ccc(SC(C#N)C(C)C)cc1. The third-order valence-corrected chi connectivity index (χ3v) is 3.78. The Hall–Kier alpha value is -0.940. The lowest BCUT2D eigenvalue weighted by Gasteiger charge is -2.12. The van der Waals surface area contributed by atoms with Crippen molar-refractivity contribution >= 4 is 11.8 Å². The van der Waals surface area contributed by atoms with Crippen molar-refractivity contribution in [2.45, 2.75) is 37.3 Å². The molecule has 1 aromatic rings. The van der Waals surface area contributed by atoms with Gasteiger partial charge in [0.1, 0.15) is 0 Å². The van der Waals surface area contributed by atoms with Gasteiger partial charge in [0.25, 0.3) is 0 Å². The molecule has 0 radical (unpaired) electrons. The molecule has 1 atom stereocenters. The van der Waals surface area contributed by atoms with E-state index < -0.39 is 0 Å². The average molecular weight is 219 g/mol. The van der Waals surface area contributed by atoms with Gasteiger partial charge in [-0.3, -0.25) is 0 Å². The molecular weight excluding hydrogens is 202 g/mol. The average Bonchev–Trinajstić information content (AvgIpc) is 2.26. The molecule has 1 aromatic carbocycles. The quantitative estimate of drug-likeness (QED) is 0.717. The summed E-state index contributed by atoms with van der Waals surface area (Å²) in [7, 11) is 0. The molecule has 0 heterocycles. The molecule has 0 fully saturated rings. The predicted octanol–water partition coefficient (Wildman–Crippen LogP) is 3.89. The highest BCUT2D eigenvalue weighted by molar-refractivity contribution is 8.00. The normalized spacial score (nSPS) is 12.5. The van der Waals surface area contributed by atoms with Crippen LogP contribution in [-0.2, 0) is 6.42 Å². The zero-order chi connectivity index (χ0) is 11.3. The first kappa shape index (κ1) is 12.1. The van der Waals surface area contributed by atoms with Crippen molar-refractivity contribution in [3.63, 3.8) is 0 Å². The van der Waals surface area contributed by atoms with Crippen LogP contribution in [0.5, 0.6) is 0 Å². The van der Waals surface area contributed by atoms with Crippen LogP contribution >= 0.6 is 11.8 Å². The summed E-state index contributed by atoms with van der Waals surface area (Å²) in [5.41, 5.74) is 1.34. The van der Waals surface area contributed by atoms with Crippen LogP contribution in [0.25, 0.3) is 0 Å². The van der Waals surface area contributed by atoms with Gasteiger partial charge in [0.2, 0.25) is 0 Å². The highest BCUT2D eigenvalue weighted by Crippen LogP contribution is 2.27. The Balaban J connectivity index is 2.68. The van der Waals surface area contributed by atoms with Gasteiger partial charge in [-0.1, -0.05) is 32.9 Å². The molecule has 0 saturated carbocycles. The second-order valence-corrected chi connectivity index (χ2v) is 5.12. The van der Waals surface area contributed by atoms with Gasteiger partial charge in [-0.25, -0.2) is 0 Å². The van der Waals surface area contributed by atoms with Gasteiger partial charge in [-0.05, 0) is 30.0 Å². The van der Waals surface area contributed by atoms with E-state index in [1.165, 1.54) is 10.5 Å². The molecule has 0 aromatic heterocycles. The Kier molecular flexibility index (Phi) is 4.71. The molecule has 0 saturated heterocycles. The largest absolute Gasteiger partial charge is 0.197 e. The first-order valence-corrected chi connectivity index (χ1v) is 6.20. The van der Waals surface area contributed by atoms with Crippen LogP contribution in [0.15, 0.2) is 29.2 Å². The highest BCUT2D eigenvalue weighted by atomic mass is 32.2. The monoisotopic (exact) mass is 219 g/mol. The minimum atomic E-state index is 0.0532. The summed E-state index contributed by atoms with van der Waals surface area (Å²) in [4.78, 5) is 1.19. The van der Waals surface area contributed by atoms with E-state index in [0.29, 0.717) is 5.92 Å². The van der Waals surface area contributed by atoms with E-state index in [9.17, 15) is 0 Å². The summed E-state index contributed by atoms with van der Waals surface area (Å²) in [6.45, 7) is 6.32. The molecule has 0 amide bonds. The minimum absolute atomic E-state index is 0.0532. The molecular formula is C13H17NS. The van der Waals surface area contributed by atoms with Crippen LogP contribution in [-0.4, -0.2) is 5.25 Å². The number of rotatable bonds is 4. The van der Waals surface area contributed by atoms with E-state index in [2.05, 4.69) is 51.1 Å². The van der Waals surface area contributed by atoms with Crippen LogP contribution in [0, 0.1) is 17.2 Å². The smallest absolute Gasteiger partial charge is 0.0986 e. The second kappa shape index (κ2) is 5.82. The molecule has 15 heavy (non-hydrogen) atoms. The number of aryl methyl sites for hydroxylation is 1. The van der Waals surface area contributed by atoms with Gasteiger partial charge < -0.3 is 0 Å². The molecule has 1 unspecified atom stereocenters. The minimum Gasteiger partial charge on any atom is -0.197 e. The van der Waals surface area contributed by atoms with Crippen LogP contribution < -0.4 is 0 Å². The summed E-state index contributed by atoms with van der Waals surface area (Å²) < 4.78 is 0.